The average Bonchev–Trinajstić information content (AvgIpc) is 2.93. The standard InChI is InChI=1S/C22H28N2O4S/c1-13-15(3)29-18(23-21(27)22(4,5)6)17(13)20(26)28-14(2)19(25)24(7)16-11-9-8-10-12-16/h8-12,14H,1-7H3,(H,23,27). The number of aryl methyl sites for hydroxylation is 1. The Balaban J connectivity index is 2.20. The largest absolute Gasteiger partial charge is 0.449 e. The van der Waals surface area contributed by atoms with Crippen LogP contribution in [0.25, 0.3) is 0 Å². The van der Waals surface area contributed by atoms with Gasteiger partial charge in [0.1, 0.15) is 5.00 Å². The molecule has 1 aromatic carbocycles. The first-order valence-corrected chi connectivity index (χ1v) is 10.2. The lowest BCUT2D eigenvalue weighted by molar-refractivity contribution is -0.126. The molecule has 1 atom stereocenters. The summed E-state index contributed by atoms with van der Waals surface area (Å²) in [6, 6.07) is 9.13. The van der Waals surface area contributed by atoms with Gasteiger partial charge in [-0.15, -0.1) is 11.3 Å². The van der Waals surface area contributed by atoms with Crippen LogP contribution in [0.3, 0.4) is 0 Å². The van der Waals surface area contributed by atoms with Crippen molar-refractivity contribution in [3.05, 3.63) is 46.3 Å². The highest BCUT2D eigenvalue weighted by molar-refractivity contribution is 7.16. The molecule has 2 amide bonds. The third-order valence-electron chi connectivity index (χ3n) is 4.60. The predicted molar refractivity (Wildman–Crippen MR) is 117 cm³/mol. The Hall–Kier alpha value is -2.67. The van der Waals surface area contributed by atoms with E-state index >= 15 is 0 Å². The van der Waals surface area contributed by atoms with Crippen LogP contribution in [0.2, 0.25) is 0 Å². The number of likely N-dealkylation sites (N-methyl/N-ethyl adjacent to an activating group) is 1. The van der Waals surface area contributed by atoms with Crippen molar-refractivity contribution in [1.82, 2.24) is 0 Å². The number of rotatable bonds is 5. The molecule has 2 aromatic rings. The van der Waals surface area contributed by atoms with E-state index in [1.54, 1.807) is 53.8 Å². The summed E-state index contributed by atoms with van der Waals surface area (Å²) in [5, 5.41) is 3.27. The maximum atomic E-state index is 12.9. The smallest absolute Gasteiger partial charge is 0.342 e. The van der Waals surface area contributed by atoms with Gasteiger partial charge in [0.2, 0.25) is 5.91 Å². The van der Waals surface area contributed by atoms with Crippen LogP contribution in [0.15, 0.2) is 30.3 Å². The van der Waals surface area contributed by atoms with Crippen molar-refractivity contribution < 1.29 is 19.1 Å². The van der Waals surface area contributed by atoms with Crippen LogP contribution < -0.4 is 10.2 Å². The average molecular weight is 417 g/mol. The number of carbonyl (C=O) groups excluding carboxylic acids is 3. The zero-order chi connectivity index (χ0) is 21.9. The molecule has 0 bridgehead atoms. The quantitative estimate of drug-likeness (QED) is 0.725. The Labute approximate surface area is 175 Å². The molecule has 29 heavy (non-hydrogen) atoms. The number of benzene rings is 1. The summed E-state index contributed by atoms with van der Waals surface area (Å²) in [5.74, 6) is -1.16. The van der Waals surface area contributed by atoms with Gasteiger partial charge in [-0.1, -0.05) is 39.0 Å². The van der Waals surface area contributed by atoms with E-state index in [0.29, 0.717) is 16.3 Å². The number of esters is 1. The highest BCUT2D eigenvalue weighted by Crippen LogP contribution is 2.34. The number of nitrogens with one attached hydrogen (secondary N) is 1. The number of anilines is 2. The van der Waals surface area contributed by atoms with E-state index in [-0.39, 0.29) is 11.8 Å². The second-order valence-electron chi connectivity index (χ2n) is 7.97. The number of hydrogen-bond donors (Lipinski definition) is 1. The molecule has 0 saturated heterocycles. The molecule has 0 spiro atoms. The SMILES string of the molecule is Cc1sc(NC(=O)C(C)(C)C)c(C(=O)OC(C)C(=O)N(C)c2ccccc2)c1C. The van der Waals surface area contributed by atoms with Crippen LogP contribution in [0, 0.1) is 19.3 Å². The number of hydrogen-bond acceptors (Lipinski definition) is 5. The van der Waals surface area contributed by atoms with Gasteiger partial charge in [-0.25, -0.2) is 4.79 Å². The van der Waals surface area contributed by atoms with Crippen LogP contribution in [-0.2, 0) is 14.3 Å². The van der Waals surface area contributed by atoms with Gasteiger partial charge in [0.15, 0.2) is 6.10 Å². The fourth-order valence-electron chi connectivity index (χ4n) is 2.57. The van der Waals surface area contributed by atoms with Gasteiger partial charge in [-0.3, -0.25) is 9.59 Å². The Morgan fingerprint density at radius 3 is 2.24 bits per heavy atom. The van der Waals surface area contributed by atoms with Crippen LogP contribution in [0.4, 0.5) is 10.7 Å². The molecule has 1 unspecified atom stereocenters. The van der Waals surface area contributed by atoms with Gasteiger partial charge in [0.25, 0.3) is 5.91 Å². The van der Waals surface area contributed by atoms with Gasteiger partial charge in [-0.05, 0) is 38.5 Å². The predicted octanol–water partition coefficient (Wildman–Crippen LogP) is 4.56. The Morgan fingerprint density at radius 1 is 1.10 bits per heavy atom. The number of thiophene rings is 1. The molecule has 156 valence electrons. The molecular formula is C22H28N2O4S. The van der Waals surface area contributed by atoms with E-state index in [4.69, 9.17) is 4.74 Å². The van der Waals surface area contributed by atoms with E-state index in [1.165, 1.54) is 16.2 Å². The Morgan fingerprint density at radius 2 is 1.69 bits per heavy atom. The van der Waals surface area contributed by atoms with Crippen molar-refractivity contribution in [3.63, 3.8) is 0 Å². The number of amides is 2. The van der Waals surface area contributed by atoms with Crippen LogP contribution >= 0.6 is 11.3 Å². The molecule has 0 saturated carbocycles. The normalized spacial score (nSPS) is 12.2. The molecule has 6 nitrogen and oxygen atoms in total. The molecule has 0 fully saturated rings. The minimum absolute atomic E-state index is 0.194. The monoisotopic (exact) mass is 416 g/mol. The minimum atomic E-state index is -0.974. The molecule has 2 rings (SSSR count). The molecule has 1 heterocycles. The lowest BCUT2D eigenvalue weighted by Crippen LogP contribution is -2.37. The van der Waals surface area contributed by atoms with Gasteiger partial charge in [-0.2, -0.15) is 0 Å². The topological polar surface area (TPSA) is 75.7 Å². The van der Waals surface area contributed by atoms with Crippen LogP contribution in [0.5, 0.6) is 0 Å². The van der Waals surface area contributed by atoms with Gasteiger partial charge < -0.3 is 15.0 Å². The second-order valence-corrected chi connectivity index (χ2v) is 9.20. The van der Waals surface area contributed by atoms with Crippen molar-refractivity contribution in [1.29, 1.82) is 0 Å². The highest BCUT2D eigenvalue weighted by Gasteiger charge is 2.29. The van der Waals surface area contributed by atoms with Crippen molar-refractivity contribution in [3.8, 4) is 0 Å². The number of carbonyl (C=O) groups is 3. The Kier molecular flexibility index (Phi) is 6.85. The summed E-state index contributed by atoms with van der Waals surface area (Å²) < 4.78 is 5.47. The lowest BCUT2D eigenvalue weighted by atomic mass is 9.96. The molecule has 0 aliphatic carbocycles. The fraction of sp³-hybridized carbons (Fsp3) is 0.409. The maximum absolute atomic E-state index is 12.9. The lowest BCUT2D eigenvalue weighted by Gasteiger charge is -2.22. The molecule has 1 N–H and O–H groups in total. The molecule has 0 radical (unpaired) electrons. The first-order valence-electron chi connectivity index (χ1n) is 9.38. The van der Waals surface area contributed by atoms with E-state index in [9.17, 15) is 14.4 Å². The number of para-hydroxylation sites is 1. The van der Waals surface area contributed by atoms with Crippen molar-refractivity contribution in [2.24, 2.45) is 5.41 Å². The summed E-state index contributed by atoms with van der Waals surface area (Å²) in [7, 11) is 1.64. The molecule has 0 aliphatic rings. The summed E-state index contributed by atoms with van der Waals surface area (Å²) in [4.78, 5) is 40.3. The summed E-state index contributed by atoms with van der Waals surface area (Å²) in [6.07, 6.45) is -0.974. The van der Waals surface area contributed by atoms with Crippen LogP contribution in [0.1, 0.15) is 48.5 Å². The van der Waals surface area contributed by atoms with Gasteiger partial charge >= 0.3 is 5.97 Å². The van der Waals surface area contributed by atoms with Gasteiger partial charge in [0, 0.05) is 23.0 Å². The number of ether oxygens (including phenoxy) is 1. The van der Waals surface area contributed by atoms with Crippen molar-refractivity contribution in [2.45, 2.75) is 47.6 Å². The summed E-state index contributed by atoms with van der Waals surface area (Å²) >= 11 is 1.32. The van der Waals surface area contributed by atoms with Crippen molar-refractivity contribution >= 4 is 39.8 Å². The Bertz CT molecular complexity index is 913. The number of nitrogens with zero attached hydrogens (tertiary/aromatic N) is 1. The third kappa shape index (κ3) is 5.23. The molecular weight excluding hydrogens is 388 g/mol. The first kappa shape index (κ1) is 22.6. The van der Waals surface area contributed by atoms with E-state index in [1.807, 2.05) is 25.1 Å². The summed E-state index contributed by atoms with van der Waals surface area (Å²) in [6.45, 7) is 10.6. The summed E-state index contributed by atoms with van der Waals surface area (Å²) in [5.41, 5.74) is 1.14. The van der Waals surface area contributed by atoms with Crippen molar-refractivity contribution in [2.75, 3.05) is 17.3 Å². The van der Waals surface area contributed by atoms with Gasteiger partial charge in [0.05, 0.1) is 5.56 Å². The highest BCUT2D eigenvalue weighted by atomic mass is 32.1. The second kappa shape index (κ2) is 8.78. The van der Waals surface area contributed by atoms with E-state index in [2.05, 4.69) is 5.32 Å². The molecule has 1 aromatic heterocycles. The fourth-order valence-corrected chi connectivity index (χ4v) is 3.62. The van der Waals surface area contributed by atoms with Crippen LogP contribution in [-0.4, -0.2) is 30.9 Å². The molecule has 7 heteroatoms. The third-order valence-corrected chi connectivity index (χ3v) is 5.73. The maximum Gasteiger partial charge on any atom is 0.342 e. The minimum Gasteiger partial charge on any atom is -0.449 e. The zero-order valence-electron chi connectivity index (χ0n) is 18.0. The van der Waals surface area contributed by atoms with E-state index in [0.717, 1.165) is 10.4 Å². The first-order chi connectivity index (χ1) is 13.4. The molecule has 0 aliphatic heterocycles. The zero-order valence-corrected chi connectivity index (χ0v) is 18.8. The van der Waals surface area contributed by atoms with E-state index < -0.39 is 17.5 Å².